The molecule has 1 aliphatic carbocycles. The van der Waals surface area contributed by atoms with Crippen molar-refractivity contribution >= 4 is 5.91 Å². The number of aliphatic hydroxyl groups excluding tert-OH is 1. The predicted molar refractivity (Wildman–Crippen MR) is 141 cm³/mol. The molecule has 0 fully saturated rings. The number of carbonyl (C=O) groups is 1. The molecule has 5 nitrogen and oxygen atoms in total. The van der Waals surface area contributed by atoms with Crippen molar-refractivity contribution in [1.29, 1.82) is 0 Å². The van der Waals surface area contributed by atoms with Crippen LogP contribution in [-0.2, 0) is 24.1 Å². The van der Waals surface area contributed by atoms with E-state index in [2.05, 4.69) is 46.8 Å². The second-order valence-electron chi connectivity index (χ2n) is 9.99. The van der Waals surface area contributed by atoms with E-state index in [0.717, 1.165) is 48.6 Å². The van der Waals surface area contributed by atoms with E-state index < -0.39 is 23.8 Å². The number of nitrogens with one attached hydrogen (secondary N) is 2. The molecule has 4 rings (SSSR count). The molecule has 1 aromatic heterocycles. The lowest BCUT2D eigenvalue weighted by Gasteiger charge is -2.31. The number of aryl methyl sites for hydroxylation is 2. The maximum absolute atomic E-state index is 13.7. The molecule has 1 heterocycles. The molecule has 0 spiro atoms. The molecule has 7 heteroatoms. The van der Waals surface area contributed by atoms with Gasteiger partial charge in [-0.15, -0.1) is 0 Å². The molecule has 3 N–H and O–H groups in total. The normalized spacial score (nSPS) is 16.6. The summed E-state index contributed by atoms with van der Waals surface area (Å²) in [6.45, 7) is 5.75. The van der Waals surface area contributed by atoms with Crippen molar-refractivity contribution in [2.45, 2.75) is 71.1 Å². The summed E-state index contributed by atoms with van der Waals surface area (Å²) in [7, 11) is 0. The van der Waals surface area contributed by atoms with Gasteiger partial charge in [-0.05, 0) is 91.1 Å². The van der Waals surface area contributed by atoms with Crippen LogP contribution in [0.5, 0.6) is 0 Å². The highest BCUT2D eigenvalue weighted by molar-refractivity contribution is 5.73. The first-order valence-corrected chi connectivity index (χ1v) is 13.0. The number of pyridine rings is 1. The average molecular weight is 508 g/mol. The number of nitrogens with zero attached hydrogens (tertiary/aromatic N) is 1. The lowest BCUT2D eigenvalue weighted by atomic mass is 9.82. The van der Waals surface area contributed by atoms with Crippen LogP contribution < -0.4 is 10.6 Å². The van der Waals surface area contributed by atoms with E-state index in [1.54, 1.807) is 0 Å². The summed E-state index contributed by atoms with van der Waals surface area (Å²) in [6.07, 6.45) is 4.84. The monoisotopic (exact) mass is 507 g/mol. The number of halogens is 2. The number of hydrogen-bond acceptors (Lipinski definition) is 4. The molecule has 0 saturated heterocycles. The third-order valence-corrected chi connectivity index (χ3v) is 7.04. The molecule has 0 aliphatic heterocycles. The van der Waals surface area contributed by atoms with Crippen LogP contribution in [0.4, 0.5) is 8.78 Å². The molecule has 1 aliphatic rings. The summed E-state index contributed by atoms with van der Waals surface area (Å²) in [5.74, 6) is -1.69. The minimum atomic E-state index is -0.951. The zero-order valence-electron chi connectivity index (χ0n) is 21.7. The van der Waals surface area contributed by atoms with Gasteiger partial charge in [0, 0.05) is 37.3 Å². The summed E-state index contributed by atoms with van der Waals surface area (Å²) in [5, 5.41) is 17.3. The lowest BCUT2D eigenvalue weighted by molar-refractivity contribution is -0.120. The lowest BCUT2D eigenvalue weighted by Crippen LogP contribution is -2.48. The largest absolute Gasteiger partial charge is 0.390 e. The number of rotatable bonds is 9. The van der Waals surface area contributed by atoms with E-state index in [1.165, 1.54) is 35.7 Å². The fraction of sp³-hybridized carbons (Fsp3) is 0.400. The number of benzene rings is 2. The summed E-state index contributed by atoms with van der Waals surface area (Å²) < 4.78 is 27.4. The smallest absolute Gasteiger partial charge is 0.217 e. The van der Waals surface area contributed by atoms with Crippen LogP contribution in [0, 0.1) is 18.6 Å². The quantitative estimate of drug-likeness (QED) is 0.382. The molecule has 3 unspecified atom stereocenters. The summed E-state index contributed by atoms with van der Waals surface area (Å²) in [6, 6.07) is 11.2. The van der Waals surface area contributed by atoms with Gasteiger partial charge >= 0.3 is 0 Å². The minimum absolute atomic E-state index is 0.0405. The molecule has 2 aromatic carbocycles. The van der Waals surface area contributed by atoms with E-state index in [1.807, 2.05) is 13.1 Å². The number of amides is 1. The van der Waals surface area contributed by atoms with E-state index in [9.17, 15) is 18.7 Å². The molecule has 0 bridgehead atoms. The highest BCUT2D eigenvalue weighted by atomic mass is 19.1. The second-order valence-corrected chi connectivity index (χ2v) is 9.99. The van der Waals surface area contributed by atoms with Crippen molar-refractivity contribution in [1.82, 2.24) is 15.6 Å². The van der Waals surface area contributed by atoms with E-state index in [0.29, 0.717) is 5.56 Å². The van der Waals surface area contributed by atoms with Crippen molar-refractivity contribution < 1.29 is 18.7 Å². The molecule has 1 amide bonds. The summed E-state index contributed by atoms with van der Waals surface area (Å²) in [5.41, 5.74) is 7.35. The zero-order valence-corrected chi connectivity index (χ0v) is 21.7. The van der Waals surface area contributed by atoms with Crippen LogP contribution in [0.2, 0.25) is 0 Å². The topological polar surface area (TPSA) is 74.2 Å². The number of aliphatic hydroxyl groups is 1. The van der Waals surface area contributed by atoms with Gasteiger partial charge in [-0.1, -0.05) is 19.1 Å². The molecule has 0 saturated carbocycles. The Bertz CT molecular complexity index is 1230. The number of hydrogen-bond donors (Lipinski definition) is 3. The third-order valence-electron chi connectivity index (χ3n) is 7.04. The van der Waals surface area contributed by atoms with Crippen LogP contribution >= 0.6 is 0 Å². The Hall–Kier alpha value is -3.16. The Kier molecular flexibility index (Phi) is 8.67. The van der Waals surface area contributed by atoms with Crippen molar-refractivity contribution in [2.24, 2.45) is 0 Å². The maximum Gasteiger partial charge on any atom is 0.217 e. The number of fused-ring (bicyclic) bond motifs is 1. The molecular weight excluding hydrogens is 472 g/mol. The number of carbonyl (C=O) groups excluding carboxylic acids is 1. The van der Waals surface area contributed by atoms with Crippen molar-refractivity contribution in [3.8, 4) is 11.3 Å². The molecule has 3 atom stereocenters. The van der Waals surface area contributed by atoms with E-state index in [-0.39, 0.29) is 24.9 Å². The molecule has 37 heavy (non-hydrogen) atoms. The van der Waals surface area contributed by atoms with Crippen LogP contribution in [0.1, 0.15) is 60.5 Å². The first-order chi connectivity index (χ1) is 17.7. The fourth-order valence-electron chi connectivity index (χ4n) is 5.19. The van der Waals surface area contributed by atoms with Crippen LogP contribution in [-0.4, -0.2) is 34.7 Å². The van der Waals surface area contributed by atoms with Gasteiger partial charge in [0.2, 0.25) is 5.91 Å². The Morgan fingerprint density at radius 3 is 2.54 bits per heavy atom. The van der Waals surface area contributed by atoms with Crippen molar-refractivity contribution in [2.75, 3.05) is 6.54 Å². The second kappa shape index (κ2) is 11.9. The standard InChI is InChI=1S/C30H35F2N3O2/c1-4-20-12-25-24(26(13-20)28-9-8-18(2)16-33-28)6-5-7-27(25)34-17-30(37)29(35-19(3)36)14-21-10-22(31)15-23(32)11-21/h8-13,15-16,27,29-30,34,37H,4-7,14,17H2,1-3H3,(H,35,36). The van der Waals surface area contributed by atoms with Gasteiger partial charge in [-0.3, -0.25) is 9.78 Å². The fourth-order valence-corrected chi connectivity index (χ4v) is 5.19. The maximum atomic E-state index is 13.7. The van der Waals surface area contributed by atoms with Gasteiger partial charge in [0.25, 0.3) is 0 Å². The van der Waals surface area contributed by atoms with Crippen molar-refractivity contribution in [3.63, 3.8) is 0 Å². The first kappa shape index (κ1) is 26.9. The molecule has 3 aromatic rings. The van der Waals surface area contributed by atoms with Gasteiger partial charge in [0.1, 0.15) is 11.6 Å². The minimum Gasteiger partial charge on any atom is -0.390 e. The Balaban J connectivity index is 1.54. The van der Waals surface area contributed by atoms with Crippen molar-refractivity contribution in [3.05, 3.63) is 88.1 Å². The van der Waals surface area contributed by atoms with E-state index in [4.69, 9.17) is 0 Å². The third kappa shape index (κ3) is 6.79. The van der Waals surface area contributed by atoms with Crippen LogP contribution in [0.15, 0.2) is 48.7 Å². The Morgan fingerprint density at radius 1 is 1.14 bits per heavy atom. The van der Waals surface area contributed by atoms with Gasteiger partial charge in [-0.25, -0.2) is 8.78 Å². The first-order valence-electron chi connectivity index (χ1n) is 13.0. The predicted octanol–water partition coefficient (Wildman–Crippen LogP) is 4.97. The summed E-state index contributed by atoms with van der Waals surface area (Å²) in [4.78, 5) is 16.5. The zero-order chi connectivity index (χ0) is 26.5. The van der Waals surface area contributed by atoms with Gasteiger partial charge in [0.15, 0.2) is 0 Å². The Labute approximate surface area is 217 Å². The highest BCUT2D eigenvalue weighted by Crippen LogP contribution is 2.37. The summed E-state index contributed by atoms with van der Waals surface area (Å²) >= 11 is 0. The van der Waals surface area contributed by atoms with Crippen LogP contribution in [0.25, 0.3) is 11.3 Å². The van der Waals surface area contributed by atoms with Crippen LogP contribution in [0.3, 0.4) is 0 Å². The molecular formula is C30H35F2N3O2. The highest BCUT2D eigenvalue weighted by Gasteiger charge is 2.27. The van der Waals surface area contributed by atoms with Gasteiger partial charge < -0.3 is 15.7 Å². The van der Waals surface area contributed by atoms with E-state index >= 15 is 0 Å². The number of aromatic nitrogens is 1. The Morgan fingerprint density at radius 2 is 1.89 bits per heavy atom. The average Bonchev–Trinajstić information content (AvgIpc) is 2.85. The van der Waals surface area contributed by atoms with Gasteiger partial charge in [-0.2, -0.15) is 0 Å². The molecule has 0 radical (unpaired) electrons. The molecule has 196 valence electrons. The SMILES string of the molecule is CCc1cc(-c2ccc(C)cn2)c2c(c1)C(NCC(O)C(Cc1cc(F)cc(F)c1)NC(C)=O)CCC2. The van der Waals surface area contributed by atoms with Gasteiger partial charge in [0.05, 0.1) is 17.8 Å².